The summed E-state index contributed by atoms with van der Waals surface area (Å²) in [7, 11) is 0. The second-order valence-electron chi connectivity index (χ2n) is 6.06. The highest BCUT2D eigenvalue weighted by Gasteiger charge is 2.21. The molecule has 2 unspecified atom stereocenters. The molecule has 0 saturated heterocycles. The molecule has 0 bridgehead atoms. The van der Waals surface area contributed by atoms with Crippen LogP contribution in [0.2, 0.25) is 0 Å². The normalized spacial score (nSPS) is 21.9. The predicted molar refractivity (Wildman–Crippen MR) is 86.7 cm³/mol. The van der Waals surface area contributed by atoms with Crippen LogP contribution >= 0.6 is 0 Å². The van der Waals surface area contributed by atoms with Crippen LogP contribution in [0.1, 0.15) is 62.5 Å². The van der Waals surface area contributed by atoms with Gasteiger partial charge in [0.15, 0.2) is 0 Å². The van der Waals surface area contributed by atoms with E-state index in [0.717, 1.165) is 42.9 Å². The first-order chi connectivity index (χ1) is 10.1. The summed E-state index contributed by atoms with van der Waals surface area (Å²) in [6, 6.07) is 4.08. The molecule has 1 fully saturated rings. The molecule has 1 aromatic rings. The zero-order valence-electron chi connectivity index (χ0n) is 13.4. The van der Waals surface area contributed by atoms with Crippen molar-refractivity contribution in [1.82, 2.24) is 10.3 Å². The molecule has 21 heavy (non-hydrogen) atoms. The largest absolute Gasteiger partial charge is 0.370 e. The van der Waals surface area contributed by atoms with Crippen molar-refractivity contribution in [2.24, 2.45) is 5.92 Å². The van der Waals surface area contributed by atoms with Gasteiger partial charge in [0, 0.05) is 23.8 Å². The van der Waals surface area contributed by atoms with Gasteiger partial charge in [0.2, 0.25) is 0 Å². The van der Waals surface area contributed by atoms with Crippen molar-refractivity contribution in [2.75, 3.05) is 11.9 Å². The van der Waals surface area contributed by atoms with Crippen molar-refractivity contribution in [3.05, 3.63) is 23.4 Å². The van der Waals surface area contributed by atoms with Crippen molar-refractivity contribution < 1.29 is 4.79 Å². The standard InChI is InChI=1S/C17H27N3O/c1-4-14-10-13(11-16(19-14)18-5-2)17(21)20-15-8-6-7-12(3)9-15/h10-12,15H,4-9H2,1-3H3,(H,18,19)(H,20,21). The molecule has 1 amide bonds. The first-order valence-electron chi connectivity index (χ1n) is 8.18. The zero-order valence-corrected chi connectivity index (χ0v) is 13.4. The predicted octanol–water partition coefficient (Wildman–Crippen LogP) is 3.38. The lowest BCUT2D eigenvalue weighted by Gasteiger charge is -2.27. The Morgan fingerprint density at radius 2 is 2.14 bits per heavy atom. The minimum Gasteiger partial charge on any atom is -0.370 e. The Morgan fingerprint density at radius 3 is 2.81 bits per heavy atom. The molecular formula is C17H27N3O. The van der Waals surface area contributed by atoms with Crippen molar-refractivity contribution in [3.63, 3.8) is 0 Å². The molecule has 0 aliphatic heterocycles. The molecule has 2 atom stereocenters. The maximum atomic E-state index is 12.5. The molecule has 2 N–H and O–H groups in total. The Morgan fingerprint density at radius 1 is 1.33 bits per heavy atom. The fraction of sp³-hybridized carbons (Fsp3) is 0.647. The van der Waals surface area contributed by atoms with E-state index in [-0.39, 0.29) is 5.91 Å². The fourth-order valence-electron chi connectivity index (χ4n) is 3.01. The second kappa shape index (κ2) is 7.43. The molecule has 116 valence electrons. The van der Waals surface area contributed by atoms with Crippen LogP contribution in [0, 0.1) is 5.92 Å². The minimum atomic E-state index is 0.0327. The molecular weight excluding hydrogens is 262 g/mol. The van der Waals surface area contributed by atoms with Gasteiger partial charge < -0.3 is 10.6 Å². The van der Waals surface area contributed by atoms with Crippen LogP contribution in [0.15, 0.2) is 12.1 Å². The van der Waals surface area contributed by atoms with Gasteiger partial charge in [0.05, 0.1) is 0 Å². The van der Waals surface area contributed by atoms with Gasteiger partial charge in [-0.05, 0) is 44.2 Å². The van der Waals surface area contributed by atoms with Crippen LogP contribution in [0.25, 0.3) is 0 Å². The Balaban J connectivity index is 2.08. The molecule has 4 heteroatoms. The van der Waals surface area contributed by atoms with Gasteiger partial charge in [-0.25, -0.2) is 4.98 Å². The lowest BCUT2D eigenvalue weighted by molar-refractivity contribution is 0.0921. The summed E-state index contributed by atoms with van der Waals surface area (Å²) < 4.78 is 0. The van der Waals surface area contributed by atoms with E-state index in [2.05, 4.69) is 29.5 Å². The number of rotatable bonds is 5. The summed E-state index contributed by atoms with van der Waals surface area (Å²) in [5, 5.41) is 6.39. The Bertz CT molecular complexity index is 487. The summed E-state index contributed by atoms with van der Waals surface area (Å²) in [4.78, 5) is 17.0. The number of aryl methyl sites for hydroxylation is 1. The molecule has 1 aromatic heterocycles. The third-order valence-corrected chi connectivity index (χ3v) is 4.13. The number of amides is 1. The van der Waals surface area contributed by atoms with E-state index in [1.54, 1.807) is 0 Å². The molecule has 1 saturated carbocycles. The summed E-state index contributed by atoms with van der Waals surface area (Å²) in [5.74, 6) is 1.54. The Labute approximate surface area is 127 Å². The number of carbonyl (C=O) groups excluding carboxylic acids is 1. The molecule has 1 aliphatic carbocycles. The first kappa shape index (κ1) is 15.8. The topological polar surface area (TPSA) is 54.0 Å². The van der Waals surface area contributed by atoms with Gasteiger partial charge in [-0.3, -0.25) is 4.79 Å². The van der Waals surface area contributed by atoms with Crippen LogP contribution in [0.4, 0.5) is 5.82 Å². The summed E-state index contributed by atoms with van der Waals surface area (Å²) in [5.41, 5.74) is 1.67. The number of hydrogen-bond acceptors (Lipinski definition) is 3. The average Bonchev–Trinajstić information content (AvgIpc) is 2.47. The van der Waals surface area contributed by atoms with Gasteiger partial charge in [0.25, 0.3) is 5.91 Å². The van der Waals surface area contributed by atoms with Gasteiger partial charge in [-0.1, -0.05) is 26.7 Å². The van der Waals surface area contributed by atoms with Gasteiger partial charge in [0.1, 0.15) is 5.82 Å². The lowest BCUT2D eigenvalue weighted by atomic mass is 9.87. The smallest absolute Gasteiger partial charge is 0.251 e. The summed E-state index contributed by atoms with van der Waals surface area (Å²) >= 11 is 0. The second-order valence-corrected chi connectivity index (χ2v) is 6.06. The van der Waals surface area contributed by atoms with E-state index < -0.39 is 0 Å². The Hall–Kier alpha value is -1.58. The number of carbonyl (C=O) groups is 1. The molecule has 0 spiro atoms. The quantitative estimate of drug-likeness (QED) is 0.873. The van der Waals surface area contributed by atoms with E-state index >= 15 is 0 Å². The van der Waals surface area contributed by atoms with Crippen molar-refractivity contribution >= 4 is 11.7 Å². The maximum absolute atomic E-state index is 12.5. The molecule has 2 rings (SSSR count). The van der Waals surface area contributed by atoms with Gasteiger partial charge in [-0.15, -0.1) is 0 Å². The van der Waals surface area contributed by atoms with E-state index in [1.165, 1.54) is 12.8 Å². The van der Waals surface area contributed by atoms with Crippen LogP contribution in [0.5, 0.6) is 0 Å². The van der Waals surface area contributed by atoms with E-state index in [1.807, 2.05) is 19.1 Å². The Kier molecular flexibility index (Phi) is 5.59. The van der Waals surface area contributed by atoms with Crippen LogP contribution in [-0.4, -0.2) is 23.5 Å². The fourth-order valence-corrected chi connectivity index (χ4v) is 3.01. The highest BCUT2D eigenvalue weighted by atomic mass is 16.1. The van der Waals surface area contributed by atoms with Crippen LogP contribution in [0.3, 0.4) is 0 Å². The minimum absolute atomic E-state index is 0.0327. The number of aromatic nitrogens is 1. The van der Waals surface area contributed by atoms with E-state index in [4.69, 9.17) is 0 Å². The summed E-state index contributed by atoms with van der Waals surface area (Å²) in [6.45, 7) is 7.16. The van der Waals surface area contributed by atoms with Crippen LogP contribution in [-0.2, 0) is 6.42 Å². The SMILES string of the molecule is CCNc1cc(C(=O)NC2CCCC(C)C2)cc(CC)n1. The average molecular weight is 289 g/mol. The third-order valence-electron chi connectivity index (χ3n) is 4.13. The van der Waals surface area contributed by atoms with Crippen molar-refractivity contribution in [2.45, 2.75) is 58.9 Å². The molecule has 0 aromatic carbocycles. The van der Waals surface area contributed by atoms with Crippen molar-refractivity contribution in [3.8, 4) is 0 Å². The molecule has 1 aliphatic rings. The van der Waals surface area contributed by atoms with Gasteiger partial charge >= 0.3 is 0 Å². The highest BCUT2D eigenvalue weighted by Crippen LogP contribution is 2.24. The maximum Gasteiger partial charge on any atom is 0.251 e. The summed E-state index contributed by atoms with van der Waals surface area (Å²) in [6.07, 6.45) is 5.52. The lowest BCUT2D eigenvalue weighted by Crippen LogP contribution is -2.38. The number of pyridine rings is 1. The zero-order chi connectivity index (χ0) is 15.2. The van der Waals surface area contributed by atoms with Crippen molar-refractivity contribution in [1.29, 1.82) is 0 Å². The molecule has 1 heterocycles. The number of anilines is 1. The van der Waals surface area contributed by atoms with Gasteiger partial charge in [-0.2, -0.15) is 0 Å². The number of nitrogens with zero attached hydrogens (tertiary/aromatic N) is 1. The highest BCUT2D eigenvalue weighted by molar-refractivity contribution is 5.95. The first-order valence-corrected chi connectivity index (χ1v) is 8.18. The third kappa shape index (κ3) is 4.45. The number of hydrogen-bond donors (Lipinski definition) is 2. The molecule has 0 radical (unpaired) electrons. The van der Waals surface area contributed by atoms with E-state index in [9.17, 15) is 4.79 Å². The van der Waals surface area contributed by atoms with Crippen LogP contribution < -0.4 is 10.6 Å². The number of nitrogens with one attached hydrogen (secondary N) is 2. The van der Waals surface area contributed by atoms with E-state index in [0.29, 0.717) is 12.0 Å². The molecule has 4 nitrogen and oxygen atoms in total. The monoisotopic (exact) mass is 289 g/mol.